The van der Waals surface area contributed by atoms with Gasteiger partial charge < -0.3 is 10.4 Å². The van der Waals surface area contributed by atoms with Gasteiger partial charge in [0, 0.05) is 17.8 Å². The number of nitrogens with one attached hydrogen (secondary N) is 1. The highest BCUT2D eigenvalue weighted by molar-refractivity contribution is 7.99. The van der Waals surface area contributed by atoms with E-state index in [0.717, 1.165) is 5.25 Å². The lowest BCUT2D eigenvalue weighted by molar-refractivity contribution is 0.169. The van der Waals surface area contributed by atoms with E-state index in [-0.39, 0.29) is 5.82 Å². The summed E-state index contributed by atoms with van der Waals surface area (Å²) in [6.45, 7) is 2.69. The maximum atomic E-state index is 13.1. The minimum Gasteiger partial charge on any atom is -0.387 e. The number of rotatable bonds is 6. The number of halogens is 1. The van der Waals surface area contributed by atoms with Gasteiger partial charge in [0.2, 0.25) is 0 Å². The van der Waals surface area contributed by atoms with Crippen LogP contribution in [0.3, 0.4) is 0 Å². The third kappa shape index (κ3) is 4.48. The maximum Gasteiger partial charge on any atom is 0.123 e. The Labute approximate surface area is 118 Å². The van der Waals surface area contributed by atoms with Gasteiger partial charge in [-0.15, -0.1) is 0 Å². The molecule has 1 aliphatic rings. The molecule has 0 aromatic heterocycles. The standard InChI is InChI=1S/C15H22FNOS/c1-2-19-14-7-6-13(9-14)17-10-15(18)11-4-3-5-12(16)8-11/h3-5,8,13-15,17-18H,2,6-7,9-10H2,1H3. The molecule has 2 nitrogen and oxygen atoms in total. The Morgan fingerprint density at radius 2 is 2.32 bits per heavy atom. The SMILES string of the molecule is CCSC1CCC(NCC(O)c2cccc(F)c2)C1. The van der Waals surface area contributed by atoms with Gasteiger partial charge in [0.1, 0.15) is 5.82 Å². The molecule has 2 N–H and O–H groups in total. The summed E-state index contributed by atoms with van der Waals surface area (Å²) in [5.41, 5.74) is 0.644. The monoisotopic (exact) mass is 283 g/mol. The van der Waals surface area contributed by atoms with Gasteiger partial charge in [-0.05, 0) is 42.7 Å². The first-order valence-corrected chi connectivity index (χ1v) is 8.02. The molecule has 1 aromatic rings. The topological polar surface area (TPSA) is 32.3 Å². The van der Waals surface area contributed by atoms with Crippen LogP contribution in [0.5, 0.6) is 0 Å². The molecule has 0 saturated heterocycles. The summed E-state index contributed by atoms with van der Waals surface area (Å²) in [7, 11) is 0. The molecule has 2 rings (SSSR count). The quantitative estimate of drug-likeness (QED) is 0.841. The van der Waals surface area contributed by atoms with Crippen molar-refractivity contribution in [3.8, 4) is 0 Å². The average molecular weight is 283 g/mol. The molecule has 106 valence electrons. The second kappa shape index (κ2) is 7.27. The second-order valence-corrected chi connectivity index (χ2v) is 6.64. The van der Waals surface area contributed by atoms with Crippen molar-refractivity contribution in [2.75, 3.05) is 12.3 Å². The van der Waals surface area contributed by atoms with Crippen LogP contribution in [-0.4, -0.2) is 28.7 Å². The van der Waals surface area contributed by atoms with Gasteiger partial charge in [-0.25, -0.2) is 4.39 Å². The Kier molecular flexibility index (Phi) is 5.67. The first-order valence-electron chi connectivity index (χ1n) is 6.97. The van der Waals surface area contributed by atoms with Crippen LogP contribution in [0, 0.1) is 5.82 Å². The van der Waals surface area contributed by atoms with Crippen molar-refractivity contribution in [2.24, 2.45) is 0 Å². The summed E-state index contributed by atoms with van der Waals surface area (Å²) >= 11 is 2.02. The molecule has 1 fully saturated rings. The van der Waals surface area contributed by atoms with E-state index in [0.29, 0.717) is 18.2 Å². The van der Waals surface area contributed by atoms with Crippen LogP contribution in [0.2, 0.25) is 0 Å². The zero-order chi connectivity index (χ0) is 13.7. The summed E-state index contributed by atoms with van der Waals surface area (Å²) in [5, 5.41) is 14.2. The van der Waals surface area contributed by atoms with Gasteiger partial charge in [-0.1, -0.05) is 19.1 Å². The summed E-state index contributed by atoms with van der Waals surface area (Å²) in [5.74, 6) is 0.875. The minimum atomic E-state index is -0.631. The van der Waals surface area contributed by atoms with Crippen LogP contribution >= 0.6 is 11.8 Å². The molecular formula is C15H22FNOS. The molecule has 0 spiro atoms. The molecule has 4 heteroatoms. The third-order valence-electron chi connectivity index (χ3n) is 3.62. The highest BCUT2D eigenvalue weighted by Gasteiger charge is 2.24. The Bertz CT molecular complexity index is 401. The Morgan fingerprint density at radius 3 is 3.05 bits per heavy atom. The van der Waals surface area contributed by atoms with Gasteiger partial charge in [-0.3, -0.25) is 0 Å². The van der Waals surface area contributed by atoms with Crippen molar-refractivity contribution in [3.05, 3.63) is 35.6 Å². The van der Waals surface area contributed by atoms with Crippen molar-refractivity contribution in [2.45, 2.75) is 43.6 Å². The highest BCUT2D eigenvalue weighted by Crippen LogP contribution is 2.29. The average Bonchev–Trinajstić information content (AvgIpc) is 2.84. The molecule has 1 aromatic carbocycles. The normalized spacial score (nSPS) is 24.6. The molecule has 1 saturated carbocycles. The van der Waals surface area contributed by atoms with Gasteiger partial charge in [0.05, 0.1) is 6.10 Å². The van der Waals surface area contributed by atoms with Crippen molar-refractivity contribution >= 4 is 11.8 Å². The molecule has 0 aliphatic heterocycles. The molecule has 3 unspecified atom stereocenters. The minimum absolute atomic E-state index is 0.295. The fraction of sp³-hybridized carbons (Fsp3) is 0.600. The molecule has 0 heterocycles. The lowest BCUT2D eigenvalue weighted by Gasteiger charge is -2.17. The van der Waals surface area contributed by atoms with Crippen LogP contribution in [0.25, 0.3) is 0 Å². The molecule has 19 heavy (non-hydrogen) atoms. The first kappa shape index (κ1) is 14.8. The number of hydrogen-bond acceptors (Lipinski definition) is 3. The van der Waals surface area contributed by atoms with Gasteiger partial charge in [0.15, 0.2) is 0 Å². The van der Waals surface area contributed by atoms with E-state index in [2.05, 4.69) is 12.2 Å². The number of aliphatic hydroxyl groups excluding tert-OH is 1. The van der Waals surface area contributed by atoms with Crippen LogP contribution in [0.15, 0.2) is 24.3 Å². The zero-order valence-corrected chi connectivity index (χ0v) is 12.1. The summed E-state index contributed by atoms with van der Waals surface area (Å²) in [6, 6.07) is 6.69. The number of hydrogen-bond donors (Lipinski definition) is 2. The maximum absolute atomic E-state index is 13.1. The summed E-state index contributed by atoms with van der Waals surface area (Å²) in [4.78, 5) is 0. The van der Waals surface area contributed by atoms with Crippen LogP contribution in [0.1, 0.15) is 37.9 Å². The zero-order valence-electron chi connectivity index (χ0n) is 11.3. The number of aliphatic hydroxyl groups is 1. The Hall–Kier alpha value is -0.580. The van der Waals surface area contributed by atoms with Crippen LogP contribution < -0.4 is 5.32 Å². The molecule has 0 bridgehead atoms. The van der Waals surface area contributed by atoms with Crippen LogP contribution in [0.4, 0.5) is 4.39 Å². The van der Waals surface area contributed by atoms with Crippen molar-refractivity contribution in [1.29, 1.82) is 0 Å². The molecule has 0 amide bonds. The second-order valence-electron chi connectivity index (χ2n) is 5.07. The van der Waals surface area contributed by atoms with E-state index in [1.54, 1.807) is 12.1 Å². The molecule has 3 atom stereocenters. The van der Waals surface area contributed by atoms with E-state index in [4.69, 9.17) is 0 Å². The third-order valence-corrected chi connectivity index (χ3v) is 4.85. The number of benzene rings is 1. The highest BCUT2D eigenvalue weighted by atomic mass is 32.2. The fourth-order valence-corrected chi connectivity index (χ4v) is 3.77. The lowest BCUT2D eigenvalue weighted by atomic mass is 10.1. The summed E-state index contributed by atoms with van der Waals surface area (Å²) < 4.78 is 13.1. The molecule has 0 radical (unpaired) electrons. The lowest BCUT2D eigenvalue weighted by Crippen LogP contribution is -2.31. The first-order chi connectivity index (χ1) is 9.19. The molecular weight excluding hydrogens is 261 g/mol. The van der Waals surface area contributed by atoms with Gasteiger partial charge >= 0.3 is 0 Å². The van der Waals surface area contributed by atoms with Gasteiger partial charge in [-0.2, -0.15) is 11.8 Å². The fourth-order valence-electron chi connectivity index (χ4n) is 2.62. The van der Waals surface area contributed by atoms with E-state index in [1.807, 2.05) is 11.8 Å². The predicted octanol–water partition coefficient (Wildman–Crippen LogP) is 3.12. The van der Waals surface area contributed by atoms with E-state index in [1.165, 1.54) is 37.1 Å². The Balaban J connectivity index is 1.76. The van der Waals surface area contributed by atoms with Gasteiger partial charge in [0.25, 0.3) is 0 Å². The van der Waals surface area contributed by atoms with E-state index in [9.17, 15) is 9.50 Å². The van der Waals surface area contributed by atoms with E-state index < -0.39 is 6.10 Å². The summed E-state index contributed by atoms with van der Waals surface area (Å²) in [6.07, 6.45) is 2.97. The number of thioether (sulfide) groups is 1. The van der Waals surface area contributed by atoms with Crippen molar-refractivity contribution in [3.63, 3.8) is 0 Å². The molecule has 1 aliphatic carbocycles. The van der Waals surface area contributed by atoms with E-state index >= 15 is 0 Å². The largest absolute Gasteiger partial charge is 0.387 e. The predicted molar refractivity (Wildman–Crippen MR) is 78.9 cm³/mol. The van der Waals surface area contributed by atoms with Crippen molar-refractivity contribution < 1.29 is 9.50 Å². The smallest absolute Gasteiger partial charge is 0.123 e. The van der Waals surface area contributed by atoms with Crippen LogP contribution in [-0.2, 0) is 0 Å². The van der Waals surface area contributed by atoms with Crippen molar-refractivity contribution in [1.82, 2.24) is 5.32 Å². The Morgan fingerprint density at radius 1 is 1.47 bits per heavy atom.